The lowest BCUT2D eigenvalue weighted by atomic mass is 9.31. The topological polar surface area (TPSA) is 11.4 Å². The van der Waals surface area contributed by atoms with Crippen LogP contribution in [0.5, 0.6) is 0 Å². The number of nitrogens with zero attached hydrogens (tertiary/aromatic N) is 3. The molecular weight excluding hydrogens is 910 g/mol. The van der Waals surface area contributed by atoms with Crippen molar-refractivity contribution in [3.05, 3.63) is 185 Å². The number of thiophene rings is 2. The Kier molecular flexibility index (Phi) is 9.86. The highest BCUT2D eigenvalue weighted by molar-refractivity contribution is 7.27. The van der Waals surface area contributed by atoms with Crippen molar-refractivity contribution in [2.45, 2.75) is 117 Å². The van der Waals surface area contributed by atoms with E-state index >= 15 is 0 Å². The first-order valence-electron chi connectivity index (χ1n) is 26.0. The Hall–Kier alpha value is -6.34. The van der Waals surface area contributed by atoms with Crippen molar-refractivity contribution in [3.63, 3.8) is 0 Å². The molecule has 358 valence electrons. The first-order chi connectivity index (χ1) is 34.2. The fourth-order valence-electron chi connectivity index (χ4n) is 12.3. The molecule has 0 bridgehead atoms. The van der Waals surface area contributed by atoms with Gasteiger partial charge < -0.3 is 14.4 Å². The first kappa shape index (κ1) is 45.5. The van der Waals surface area contributed by atoms with E-state index in [1.165, 1.54) is 124 Å². The van der Waals surface area contributed by atoms with E-state index < -0.39 is 0 Å². The second-order valence-electron chi connectivity index (χ2n) is 25.0. The molecule has 10 aromatic rings. The Labute approximate surface area is 434 Å². The average Bonchev–Trinajstić information content (AvgIpc) is 4.01. The van der Waals surface area contributed by atoms with E-state index in [0.29, 0.717) is 0 Å². The molecular formula is C66H64BN3S2. The number of allylic oxidation sites excluding steroid dienone is 2. The lowest BCUT2D eigenvalue weighted by Crippen LogP contribution is -2.60. The van der Waals surface area contributed by atoms with Gasteiger partial charge in [0.25, 0.3) is 0 Å². The van der Waals surface area contributed by atoms with Crippen LogP contribution in [0, 0.1) is 0 Å². The monoisotopic (exact) mass is 973 g/mol. The molecule has 3 nitrogen and oxygen atoms in total. The fourth-order valence-corrected chi connectivity index (χ4v) is 14.6. The Balaban J connectivity index is 1.18. The van der Waals surface area contributed by atoms with Gasteiger partial charge in [-0.3, -0.25) is 0 Å². The number of rotatable bonds is 4. The van der Waals surface area contributed by atoms with E-state index in [1.807, 2.05) is 22.7 Å². The van der Waals surface area contributed by atoms with Crippen molar-refractivity contribution in [3.8, 4) is 0 Å². The second kappa shape index (κ2) is 15.6. The number of fused-ring (bicyclic) bond motifs is 12. The molecule has 7 aromatic carbocycles. The zero-order chi connectivity index (χ0) is 50.0. The minimum atomic E-state index is -0.0535. The maximum absolute atomic E-state index is 2.82. The summed E-state index contributed by atoms with van der Waals surface area (Å²) in [6.07, 6.45) is 3.43. The van der Waals surface area contributed by atoms with Gasteiger partial charge in [0.15, 0.2) is 0 Å². The highest BCUT2D eigenvalue weighted by Crippen LogP contribution is 2.53. The van der Waals surface area contributed by atoms with E-state index in [-0.39, 0.29) is 34.4 Å². The van der Waals surface area contributed by atoms with Crippen LogP contribution in [-0.2, 0) is 21.7 Å². The van der Waals surface area contributed by atoms with Gasteiger partial charge in [0.1, 0.15) is 0 Å². The predicted molar refractivity (Wildman–Crippen MR) is 317 cm³/mol. The lowest BCUT2D eigenvalue weighted by Gasteiger charge is -2.49. The summed E-state index contributed by atoms with van der Waals surface area (Å²) < 4.78 is 8.10. The molecule has 2 aliphatic heterocycles. The maximum Gasteiger partial charge on any atom is 0.247 e. The molecule has 0 saturated heterocycles. The number of anilines is 4. The Bertz CT molecular complexity index is 3880. The summed E-state index contributed by atoms with van der Waals surface area (Å²) in [7, 11) is 0. The molecule has 13 rings (SSSR count). The Morgan fingerprint density at radius 1 is 0.486 bits per heavy atom. The van der Waals surface area contributed by atoms with Crippen LogP contribution >= 0.6 is 22.7 Å². The fraction of sp³-hybridized carbons (Fsp3) is 0.273. The quantitative estimate of drug-likeness (QED) is 0.163. The SMILES string of the molecule is CC(C)(C)c1ccc(N(C2=CC3=C4B(c5ccc(C(C)(C)C)cc5N(c5cccc6sc7ccccc7c56)C4C2)c2cc(C(C)(C)C)cc4c5sc6ccccc6c5n3c24)c2ccc(C(C)(C)C)cc2)cc1. The minimum Gasteiger partial charge on any atom is -0.334 e. The van der Waals surface area contributed by atoms with Crippen LogP contribution in [0.3, 0.4) is 0 Å². The lowest BCUT2D eigenvalue weighted by molar-refractivity contribution is 0.589. The highest BCUT2D eigenvalue weighted by Gasteiger charge is 2.49. The molecule has 0 saturated carbocycles. The minimum absolute atomic E-state index is 0.0222. The van der Waals surface area contributed by atoms with Gasteiger partial charge in [-0.05, 0) is 127 Å². The normalized spacial score (nSPS) is 16.1. The van der Waals surface area contributed by atoms with Gasteiger partial charge in [-0.1, -0.05) is 168 Å². The maximum atomic E-state index is 2.82. The summed E-state index contributed by atoms with van der Waals surface area (Å²) in [4.78, 5) is 5.41. The van der Waals surface area contributed by atoms with E-state index in [0.717, 1.165) is 6.42 Å². The van der Waals surface area contributed by atoms with E-state index in [4.69, 9.17) is 0 Å². The van der Waals surface area contributed by atoms with Crippen LogP contribution in [0.2, 0.25) is 0 Å². The van der Waals surface area contributed by atoms with E-state index in [1.54, 1.807) is 0 Å². The number of aromatic nitrogens is 1. The van der Waals surface area contributed by atoms with Crippen LogP contribution in [0.1, 0.15) is 112 Å². The van der Waals surface area contributed by atoms with Crippen molar-refractivity contribution >= 4 is 120 Å². The first-order valence-corrected chi connectivity index (χ1v) is 27.7. The van der Waals surface area contributed by atoms with Gasteiger partial charge >= 0.3 is 0 Å². The molecule has 1 atom stereocenters. The third-order valence-electron chi connectivity index (χ3n) is 16.2. The number of benzene rings is 7. The molecule has 0 amide bonds. The van der Waals surface area contributed by atoms with Crippen LogP contribution in [0.15, 0.2) is 163 Å². The summed E-state index contributed by atoms with van der Waals surface area (Å²) in [5, 5.41) is 5.36. The summed E-state index contributed by atoms with van der Waals surface area (Å²) in [5.41, 5.74) is 19.9. The molecule has 0 fully saturated rings. The summed E-state index contributed by atoms with van der Waals surface area (Å²) >= 11 is 3.88. The zero-order valence-electron chi connectivity index (χ0n) is 44.0. The van der Waals surface area contributed by atoms with Crippen LogP contribution in [0.4, 0.5) is 22.7 Å². The van der Waals surface area contributed by atoms with Gasteiger partial charge in [0.05, 0.1) is 27.5 Å². The molecule has 0 N–H and O–H groups in total. The van der Waals surface area contributed by atoms with Crippen LogP contribution in [-0.4, -0.2) is 17.3 Å². The summed E-state index contributed by atoms with van der Waals surface area (Å²) in [5.74, 6) is 0. The van der Waals surface area contributed by atoms with Crippen molar-refractivity contribution in [2.24, 2.45) is 0 Å². The third-order valence-corrected chi connectivity index (χ3v) is 18.5. The number of hydrogen-bond acceptors (Lipinski definition) is 4. The largest absolute Gasteiger partial charge is 0.334 e. The van der Waals surface area contributed by atoms with Crippen LogP contribution in [0.25, 0.3) is 57.1 Å². The molecule has 5 heterocycles. The van der Waals surface area contributed by atoms with E-state index in [9.17, 15) is 0 Å². The predicted octanol–water partition coefficient (Wildman–Crippen LogP) is 17.6. The van der Waals surface area contributed by atoms with Gasteiger partial charge in [0.2, 0.25) is 6.71 Å². The van der Waals surface area contributed by atoms with Crippen molar-refractivity contribution in [1.29, 1.82) is 0 Å². The molecule has 6 heteroatoms. The third kappa shape index (κ3) is 6.88. The van der Waals surface area contributed by atoms with E-state index in [2.05, 4.69) is 249 Å². The second-order valence-corrected chi connectivity index (χ2v) is 27.2. The highest BCUT2D eigenvalue weighted by atomic mass is 32.1. The van der Waals surface area contributed by atoms with Gasteiger partial charge in [-0.15, -0.1) is 22.7 Å². The average molecular weight is 974 g/mol. The van der Waals surface area contributed by atoms with Crippen molar-refractivity contribution in [1.82, 2.24) is 4.57 Å². The number of hydrogen-bond donors (Lipinski definition) is 0. The van der Waals surface area contributed by atoms with Gasteiger partial charge in [-0.2, -0.15) is 0 Å². The Morgan fingerprint density at radius 3 is 1.68 bits per heavy atom. The summed E-state index contributed by atoms with van der Waals surface area (Å²) in [6, 6.07) is 56.8. The molecule has 0 radical (unpaired) electrons. The molecule has 1 aliphatic carbocycles. The van der Waals surface area contributed by atoms with Gasteiger partial charge in [-0.25, -0.2) is 0 Å². The zero-order valence-corrected chi connectivity index (χ0v) is 45.6. The van der Waals surface area contributed by atoms with Crippen molar-refractivity contribution < 1.29 is 0 Å². The molecule has 3 aliphatic rings. The summed E-state index contributed by atoms with van der Waals surface area (Å²) in [6.45, 7) is 28.2. The smallest absolute Gasteiger partial charge is 0.247 e. The Morgan fingerprint density at radius 2 is 1.06 bits per heavy atom. The molecule has 0 spiro atoms. The standard InChI is InChI=1S/C66H64BN3S2/c1-63(2,3)39-24-29-43(30-25-39)68(44-31-26-40(27-32-44)64(4,5)6)45-37-53-59-54(38-45)70-60-48(62-61(70)47-19-14-16-22-56(47)72-62)34-42(66(10,11)12)35-50(60)67(59)49-33-28-41(65(7,8)9)36-52(49)69(53)51-20-17-23-57-58(51)46-18-13-15-21-55(46)71-57/h13-36,38,53H,37H2,1-12H3. The molecule has 1 unspecified atom stereocenters. The molecule has 3 aromatic heterocycles. The van der Waals surface area contributed by atoms with Crippen molar-refractivity contribution in [2.75, 3.05) is 9.80 Å². The molecule has 72 heavy (non-hydrogen) atoms. The van der Waals surface area contributed by atoms with Crippen LogP contribution < -0.4 is 20.7 Å². The van der Waals surface area contributed by atoms with Gasteiger partial charge in [0, 0.05) is 70.5 Å².